The van der Waals surface area contributed by atoms with Crippen LogP contribution in [0.25, 0.3) is 11.1 Å². The highest BCUT2D eigenvalue weighted by molar-refractivity contribution is 9.10. The van der Waals surface area contributed by atoms with Crippen LogP contribution < -0.4 is 0 Å². The van der Waals surface area contributed by atoms with E-state index in [0.29, 0.717) is 5.56 Å². The summed E-state index contributed by atoms with van der Waals surface area (Å²) in [7, 11) is 0. The summed E-state index contributed by atoms with van der Waals surface area (Å²) in [4.78, 5) is 11.5. The molecule has 2 aromatic carbocycles. The van der Waals surface area contributed by atoms with Crippen LogP contribution in [0.1, 0.15) is 17.3 Å². The molecule has 2 aromatic rings. The molecule has 0 amide bonds. The summed E-state index contributed by atoms with van der Waals surface area (Å²) in [6, 6.07) is 8.85. The first kappa shape index (κ1) is 12.9. The van der Waals surface area contributed by atoms with Crippen LogP contribution in [0.3, 0.4) is 0 Å². The molecule has 0 aliphatic rings. The monoisotopic (exact) mass is 310 g/mol. The topological polar surface area (TPSA) is 17.1 Å². The van der Waals surface area contributed by atoms with Gasteiger partial charge in [-0.2, -0.15) is 0 Å². The maximum Gasteiger partial charge on any atom is 0.160 e. The SMILES string of the molecule is CC(=O)c1ccccc1-c1c(F)ccc(Br)c1F. The zero-order valence-corrected chi connectivity index (χ0v) is 11.1. The fraction of sp³-hybridized carbons (Fsp3) is 0.0714. The first-order valence-electron chi connectivity index (χ1n) is 5.26. The summed E-state index contributed by atoms with van der Waals surface area (Å²) in [6.07, 6.45) is 0. The second-order valence-corrected chi connectivity index (χ2v) is 4.67. The predicted octanol–water partition coefficient (Wildman–Crippen LogP) is 4.60. The van der Waals surface area contributed by atoms with Gasteiger partial charge in [0.2, 0.25) is 0 Å². The molecule has 0 saturated heterocycles. The minimum absolute atomic E-state index is 0.164. The van der Waals surface area contributed by atoms with E-state index < -0.39 is 11.6 Å². The van der Waals surface area contributed by atoms with Gasteiger partial charge in [0.1, 0.15) is 11.6 Å². The number of Topliss-reactive ketones (excluding diaryl/α,β-unsaturated/α-hetero) is 1. The number of hydrogen-bond acceptors (Lipinski definition) is 1. The van der Waals surface area contributed by atoms with E-state index in [1.54, 1.807) is 18.2 Å². The molecule has 18 heavy (non-hydrogen) atoms. The zero-order valence-electron chi connectivity index (χ0n) is 9.51. The van der Waals surface area contributed by atoms with Gasteiger partial charge < -0.3 is 0 Å². The fourth-order valence-corrected chi connectivity index (χ4v) is 2.11. The van der Waals surface area contributed by atoms with Gasteiger partial charge in [-0.15, -0.1) is 0 Å². The predicted molar refractivity (Wildman–Crippen MR) is 69.5 cm³/mol. The molecule has 92 valence electrons. The molecule has 0 N–H and O–H groups in total. The van der Waals surface area contributed by atoms with Crippen LogP contribution in [0, 0.1) is 11.6 Å². The van der Waals surface area contributed by atoms with Crippen molar-refractivity contribution in [1.29, 1.82) is 0 Å². The molecule has 0 radical (unpaired) electrons. The van der Waals surface area contributed by atoms with Gasteiger partial charge in [0.15, 0.2) is 5.78 Å². The number of carbonyl (C=O) groups excluding carboxylic acids is 1. The van der Waals surface area contributed by atoms with Crippen molar-refractivity contribution in [3.63, 3.8) is 0 Å². The van der Waals surface area contributed by atoms with Crippen LogP contribution >= 0.6 is 15.9 Å². The molecule has 2 rings (SSSR count). The molecule has 1 nitrogen and oxygen atoms in total. The molecule has 0 saturated carbocycles. The lowest BCUT2D eigenvalue weighted by molar-refractivity contribution is 0.101. The van der Waals surface area contributed by atoms with Crippen molar-refractivity contribution < 1.29 is 13.6 Å². The number of hydrogen-bond donors (Lipinski definition) is 0. The molecule has 0 aliphatic heterocycles. The van der Waals surface area contributed by atoms with E-state index in [1.165, 1.54) is 25.1 Å². The van der Waals surface area contributed by atoms with Crippen molar-refractivity contribution >= 4 is 21.7 Å². The molecule has 0 spiro atoms. The molecule has 0 fully saturated rings. The molecule has 0 aliphatic carbocycles. The molecular weight excluding hydrogens is 302 g/mol. The molecule has 0 bridgehead atoms. The van der Waals surface area contributed by atoms with Gasteiger partial charge in [0, 0.05) is 5.56 Å². The average molecular weight is 311 g/mol. The van der Waals surface area contributed by atoms with E-state index in [-0.39, 0.29) is 21.4 Å². The molecule has 4 heteroatoms. The summed E-state index contributed by atoms with van der Waals surface area (Å²) in [5.41, 5.74) is 0.380. The Hall–Kier alpha value is -1.55. The molecule has 0 atom stereocenters. The summed E-state index contributed by atoms with van der Waals surface area (Å²) in [5.74, 6) is -1.63. The van der Waals surface area contributed by atoms with Crippen LogP contribution in [0.15, 0.2) is 40.9 Å². The van der Waals surface area contributed by atoms with Crippen LogP contribution in [-0.2, 0) is 0 Å². The number of halogens is 3. The quantitative estimate of drug-likeness (QED) is 0.585. The summed E-state index contributed by atoms with van der Waals surface area (Å²) >= 11 is 3.01. The van der Waals surface area contributed by atoms with Crippen molar-refractivity contribution in [3.05, 3.63) is 58.1 Å². The van der Waals surface area contributed by atoms with Crippen molar-refractivity contribution in [1.82, 2.24) is 0 Å². The molecule has 0 unspecified atom stereocenters. The number of carbonyl (C=O) groups is 1. The van der Waals surface area contributed by atoms with Crippen molar-refractivity contribution in [2.75, 3.05) is 0 Å². The smallest absolute Gasteiger partial charge is 0.160 e. The third-order valence-corrected chi connectivity index (χ3v) is 3.23. The van der Waals surface area contributed by atoms with Gasteiger partial charge in [-0.25, -0.2) is 8.78 Å². The second-order valence-electron chi connectivity index (χ2n) is 3.82. The van der Waals surface area contributed by atoms with Crippen molar-refractivity contribution in [2.24, 2.45) is 0 Å². The first-order chi connectivity index (χ1) is 8.52. The van der Waals surface area contributed by atoms with Crippen LogP contribution in [0.5, 0.6) is 0 Å². The van der Waals surface area contributed by atoms with Gasteiger partial charge in [-0.05, 0) is 40.5 Å². The number of benzene rings is 2. The first-order valence-corrected chi connectivity index (χ1v) is 6.05. The lowest BCUT2D eigenvalue weighted by Gasteiger charge is -2.10. The largest absolute Gasteiger partial charge is 0.294 e. The maximum atomic E-state index is 14.0. The Bertz CT molecular complexity index is 623. The van der Waals surface area contributed by atoms with E-state index >= 15 is 0 Å². The van der Waals surface area contributed by atoms with E-state index in [9.17, 15) is 13.6 Å². The highest BCUT2D eigenvalue weighted by Gasteiger charge is 2.18. The summed E-state index contributed by atoms with van der Waals surface area (Å²) in [5, 5.41) is 0. The van der Waals surface area contributed by atoms with Crippen LogP contribution in [-0.4, -0.2) is 5.78 Å². The third kappa shape index (κ3) is 2.20. The second kappa shape index (κ2) is 4.98. The standard InChI is InChI=1S/C14H9BrF2O/c1-8(18)9-4-2-3-5-10(9)13-12(16)7-6-11(15)14(13)17/h2-7H,1H3. The highest BCUT2D eigenvalue weighted by atomic mass is 79.9. The normalized spacial score (nSPS) is 10.4. The van der Waals surface area contributed by atoms with E-state index in [0.717, 1.165) is 0 Å². The average Bonchev–Trinajstić information content (AvgIpc) is 2.35. The van der Waals surface area contributed by atoms with Gasteiger partial charge >= 0.3 is 0 Å². The highest BCUT2D eigenvalue weighted by Crippen LogP contribution is 2.32. The van der Waals surface area contributed by atoms with Crippen molar-refractivity contribution in [3.8, 4) is 11.1 Å². The van der Waals surface area contributed by atoms with Gasteiger partial charge in [0.05, 0.1) is 10.0 Å². The zero-order chi connectivity index (χ0) is 13.3. The number of rotatable bonds is 2. The van der Waals surface area contributed by atoms with Crippen LogP contribution in [0.4, 0.5) is 8.78 Å². The van der Waals surface area contributed by atoms with Gasteiger partial charge in [-0.3, -0.25) is 4.79 Å². The van der Waals surface area contributed by atoms with E-state index in [2.05, 4.69) is 15.9 Å². The van der Waals surface area contributed by atoms with Gasteiger partial charge in [-0.1, -0.05) is 24.3 Å². The van der Waals surface area contributed by atoms with E-state index in [1.807, 2.05) is 0 Å². The minimum atomic E-state index is -0.705. The minimum Gasteiger partial charge on any atom is -0.294 e. The van der Waals surface area contributed by atoms with Crippen LogP contribution in [0.2, 0.25) is 0 Å². The third-order valence-electron chi connectivity index (χ3n) is 2.62. The number of ketones is 1. The lowest BCUT2D eigenvalue weighted by Crippen LogP contribution is -1.99. The van der Waals surface area contributed by atoms with Crippen molar-refractivity contribution in [2.45, 2.75) is 6.92 Å². The Balaban J connectivity index is 2.77. The molecular formula is C14H9BrF2O. The van der Waals surface area contributed by atoms with E-state index in [4.69, 9.17) is 0 Å². The fourth-order valence-electron chi connectivity index (χ4n) is 1.78. The Kier molecular flexibility index (Phi) is 3.57. The maximum absolute atomic E-state index is 14.0. The molecule has 0 heterocycles. The Labute approximate surface area is 112 Å². The Morgan fingerprint density at radius 2 is 1.78 bits per heavy atom. The summed E-state index contributed by atoms with van der Waals surface area (Å²) in [6.45, 7) is 1.37. The molecule has 0 aromatic heterocycles. The Morgan fingerprint density at radius 1 is 1.11 bits per heavy atom. The Morgan fingerprint density at radius 3 is 2.44 bits per heavy atom. The lowest BCUT2D eigenvalue weighted by atomic mass is 9.97. The summed E-state index contributed by atoms with van der Waals surface area (Å²) < 4.78 is 27.9. The van der Waals surface area contributed by atoms with Gasteiger partial charge in [0.25, 0.3) is 0 Å².